The van der Waals surface area contributed by atoms with Gasteiger partial charge in [-0.25, -0.2) is 0 Å². The molecule has 0 aliphatic heterocycles. The Hall–Kier alpha value is -2.37. The van der Waals surface area contributed by atoms with Gasteiger partial charge in [-0.05, 0) is 30.7 Å². The Balaban J connectivity index is 1.69. The van der Waals surface area contributed by atoms with Crippen molar-refractivity contribution < 1.29 is 0 Å². The van der Waals surface area contributed by atoms with Gasteiger partial charge >= 0.3 is 0 Å². The van der Waals surface area contributed by atoms with Crippen LogP contribution in [0, 0.1) is 6.92 Å². The third-order valence-electron chi connectivity index (χ3n) is 3.33. The number of nitrogens with one attached hydrogen (secondary N) is 2. The van der Waals surface area contributed by atoms with E-state index in [1.54, 1.807) is 24.4 Å². The first-order valence-electron chi connectivity index (χ1n) is 7.31. The van der Waals surface area contributed by atoms with Crippen molar-refractivity contribution in [3.8, 4) is 0 Å². The van der Waals surface area contributed by atoms with Gasteiger partial charge in [-0.3, -0.25) is 0 Å². The summed E-state index contributed by atoms with van der Waals surface area (Å²) in [7, 11) is 0. The lowest BCUT2D eigenvalue weighted by Crippen LogP contribution is -2.05. The molecule has 1 heterocycles. The largest absolute Gasteiger partial charge is 0.365 e. The Morgan fingerprint density at radius 1 is 1.04 bits per heavy atom. The summed E-state index contributed by atoms with van der Waals surface area (Å²) >= 11 is 12.1. The number of rotatable bonds is 5. The first-order chi connectivity index (χ1) is 11.6. The number of nitrogens with zero attached hydrogens (tertiary/aromatic N) is 3. The lowest BCUT2D eigenvalue weighted by Gasteiger charge is -2.09. The molecule has 24 heavy (non-hydrogen) atoms. The van der Waals surface area contributed by atoms with Crippen molar-refractivity contribution in [2.24, 2.45) is 0 Å². The average molecular weight is 360 g/mol. The maximum absolute atomic E-state index is 6.13. The zero-order valence-corrected chi connectivity index (χ0v) is 14.4. The third-order valence-corrected chi connectivity index (χ3v) is 3.89. The third kappa shape index (κ3) is 4.34. The number of aryl methyl sites for hydroxylation is 1. The van der Waals surface area contributed by atoms with Gasteiger partial charge in [-0.15, -0.1) is 5.10 Å². The second kappa shape index (κ2) is 7.47. The van der Waals surface area contributed by atoms with Crippen LogP contribution in [0.15, 0.2) is 48.7 Å². The smallest absolute Gasteiger partial charge is 0.249 e. The van der Waals surface area contributed by atoms with E-state index in [0.717, 1.165) is 5.56 Å². The van der Waals surface area contributed by atoms with Crippen LogP contribution in [0.5, 0.6) is 0 Å². The molecule has 2 N–H and O–H groups in total. The van der Waals surface area contributed by atoms with E-state index in [-0.39, 0.29) is 0 Å². The van der Waals surface area contributed by atoms with E-state index >= 15 is 0 Å². The number of aromatic nitrogens is 3. The van der Waals surface area contributed by atoms with Crippen LogP contribution < -0.4 is 10.6 Å². The summed E-state index contributed by atoms with van der Waals surface area (Å²) < 4.78 is 0. The highest BCUT2D eigenvalue weighted by molar-refractivity contribution is 6.35. The fourth-order valence-corrected chi connectivity index (χ4v) is 2.39. The molecule has 5 nitrogen and oxygen atoms in total. The zero-order chi connectivity index (χ0) is 16.9. The average Bonchev–Trinajstić information content (AvgIpc) is 2.58. The summed E-state index contributed by atoms with van der Waals surface area (Å²) in [4.78, 5) is 4.37. The fraction of sp³-hybridized carbons (Fsp3) is 0.118. The maximum atomic E-state index is 6.13. The molecule has 0 atom stereocenters. The van der Waals surface area contributed by atoms with E-state index in [9.17, 15) is 0 Å². The number of benzene rings is 2. The van der Waals surface area contributed by atoms with Crippen LogP contribution >= 0.6 is 23.2 Å². The van der Waals surface area contributed by atoms with Crippen LogP contribution in [0.4, 0.5) is 17.5 Å². The van der Waals surface area contributed by atoms with Crippen molar-refractivity contribution in [3.05, 3.63) is 69.8 Å². The van der Waals surface area contributed by atoms with Gasteiger partial charge in [0.2, 0.25) is 5.95 Å². The summed E-state index contributed by atoms with van der Waals surface area (Å²) in [6.45, 7) is 2.71. The zero-order valence-electron chi connectivity index (χ0n) is 12.9. The lowest BCUT2D eigenvalue weighted by molar-refractivity contribution is 0.966. The van der Waals surface area contributed by atoms with Gasteiger partial charge in [0.15, 0.2) is 5.82 Å². The molecule has 2 aromatic carbocycles. The summed E-state index contributed by atoms with van der Waals surface area (Å²) in [6, 6.07) is 13.4. The van der Waals surface area contributed by atoms with Crippen LogP contribution in [0.3, 0.4) is 0 Å². The molecule has 0 saturated heterocycles. The number of hydrogen-bond acceptors (Lipinski definition) is 5. The summed E-state index contributed by atoms with van der Waals surface area (Å²) in [5.74, 6) is 0.958. The van der Waals surface area contributed by atoms with Gasteiger partial charge in [0, 0.05) is 11.6 Å². The van der Waals surface area contributed by atoms with Gasteiger partial charge in [-0.2, -0.15) is 10.1 Å². The van der Waals surface area contributed by atoms with Crippen molar-refractivity contribution in [3.63, 3.8) is 0 Å². The van der Waals surface area contributed by atoms with Crippen molar-refractivity contribution in [2.75, 3.05) is 10.6 Å². The molecule has 0 spiro atoms. The Morgan fingerprint density at radius 2 is 1.83 bits per heavy atom. The van der Waals surface area contributed by atoms with E-state index in [1.165, 1.54) is 5.56 Å². The molecule has 0 fully saturated rings. The quantitative estimate of drug-likeness (QED) is 0.682. The molecule has 0 amide bonds. The molecule has 122 valence electrons. The maximum Gasteiger partial charge on any atom is 0.249 e. The van der Waals surface area contributed by atoms with Crippen molar-refractivity contribution in [1.82, 2.24) is 15.2 Å². The highest BCUT2D eigenvalue weighted by Gasteiger charge is 2.05. The SMILES string of the molecule is Cc1ccc(CNc2cnnc(Nc3cc(Cl)ccc3Cl)n2)cc1. The molecule has 0 saturated carbocycles. The van der Waals surface area contributed by atoms with Crippen LogP contribution in [0.1, 0.15) is 11.1 Å². The van der Waals surface area contributed by atoms with E-state index in [1.807, 2.05) is 0 Å². The standard InChI is InChI=1S/C17H15Cl2N5/c1-11-2-4-12(5-3-11)9-20-16-10-21-24-17(23-16)22-15-8-13(18)6-7-14(15)19/h2-8,10H,9H2,1H3,(H2,20,22,23,24). The van der Waals surface area contributed by atoms with Gasteiger partial charge in [0.1, 0.15) is 0 Å². The molecule has 0 unspecified atom stereocenters. The normalized spacial score (nSPS) is 10.5. The van der Waals surface area contributed by atoms with Crippen molar-refractivity contribution in [1.29, 1.82) is 0 Å². The predicted molar refractivity (Wildman–Crippen MR) is 98.1 cm³/mol. The monoisotopic (exact) mass is 359 g/mol. The second-order valence-corrected chi connectivity index (χ2v) is 6.10. The fourth-order valence-electron chi connectivity index (χ4n) is 2.05. The Kier molecular flexibility index (Phi) is 5.13. The molecule has 0 radical (unpaired) electrons. The van der Waals surface area contributed by atoms with Crippen LogP contribution in [-0.4, -0.2) is 15.2 Å². The molecular formula is C17H15Cl2N5. The lowest BCUT2D eigenvalue weighted by atomic mass is 10.1. The Labute approximate surface area is 150 Å². The van der Waals surface area contributed by atoms with E-state index in [0.29, 0.717) is 34.0 Å². The number of halogens is 2. The van der Waals surface area contributed by atoms with Gasteiger partial charge in [0.25, 0.3) is 0 Å². The molecule has 0 bridgehead atoms. The summed E-state index contributed by atoms with van der Waals surface area (Å²) in [5.41, 5.74) is 3.01. The summed E-state index contributed by atoms with van der Waals surface area (Å²) in [5, 5.41) is 15.2. The van der Waals surface area contributed by atoms with Crippen LogP contribution in [0.2, 0.25) is 10.0 Å². The molecule has 3 aromatic rings. The van der Waals surface area contributed by atoms with Crippen molar-refractivity contribution >= 4 is 40.7 Å². The Morgan fingerprint density at radius 3 is 2.62 bits per heavy atom. The number of anilines is 3. The summed E-state index contributed by atoms with van der Waals surface area (Å²) in [6.07, 6.45) is 1.57. The van der Waals surface area contributed by atoms with Gasteiger partial charge in [0.05, 0.1) is 16.9 Å². The van der Waals surface area contributed by atoms with E-state index in [2.05, 4.69) is 57.0 Å². The molecule has 0 aliphatic rings. The molecular weight excluding hydrogens is 345 g/mol. The molecule has 0 aliphatic carbocycles. The minimum Gasteiger partial charge on any atom is -0.365 e. The van der Waals surface area contributed by atoms with Gasteiger partial charge in [-0.1, -0.05) is 53.0 Å². The first-order valence-corrected chi connectivity index (χ1v) is 8.07. The van der Waals surface area contributed by atoms with E-state index < -0.39 is 0 Å². The predicted octanol–water partition coefficient (Wildman–Crippen LogP) is 4.84. The minimum atomic E-state index is 0.341. The van der Waals surface area contributed by atoms with E-state index in [4.69, 9.17) is 23.2 Å². The van der Waals surface area contributed by atoms with Gasteiger partial charge < -0.3 is 10.6 Å². The second-order valence-electron chi connectivity index (χ2n) is 5.25. The van der Waals surface area contributed by atoms with Crippen LogP contribution in [0.25, 0.3) is 0 Å². The molecule has 1 aromatic heterocycles. The molecule has 7 heteroatoms. The number of hydrogen-bond donors (Lipinski definition) is 2. The highest BCUT2D eigenvalue weighted by atomic mass is 35.5. The minimum absolute atomic E-state index is 0.341. The first kappa shape index (κ1) is 16.5. The van der Waals surface area contributed by atoms with Crippen molar-refractivity contribution in [2.45, 2.75) is 13.5 Å². The highest BCUT2D eigenvalue weighted by Crippen LogP contribution is 2.27. The topological polar surface area (TPSA) is 62.7 Å². The molecule has 3 rings (SSSR count). The van der Waals surface area contributed by atoms with Crippen LogP contribution in [-0.2, 0) is 6.54 Å². The Bertz CT molecular complexity index is 837.